The summed E-state index contributed by atoms with van der Waals surface area (Å²) < 4.78 is 5.30. The second-order valence-electron chi connectivity index (χ2n) is 5.55. The van der Waals surface area contributed by atoms with Crippen LogP contribution in [-0.4, -0.2) is 18.2 Å². The van der Waals surface area contributed by atoms with E-state index in [1.165, 1.54) is 38.5 Å². The highest BCUT2D eigenvalue weighted by molar-refractivity contribution is 5.67. The van der Waals surface area contributed by atoms with Gasteiger partial charge in [0.25, 0.3) is 0 Å². The lowest BCUT2D eigenvalue weighted by Crippen LogP contribution is -2.34. The Morgan fingerprint density at radius 3 is 2.11 bits per heavy atom. The van der Waals surface area contributed by atoms with Crippen LogP contribution in [0.5, 0.6) is 0 Å². The molecule has 0 spiro atoms. The van der Waals surface area contributed by atoms with Gasteiger partial charge in [0.2, 0.25) is 0 Å². The van der Waals surface area contributed by atoms with Gasteiger partial charge >= 0.3 is 6.09 Å². The van der Waals surface area contributed by atoms with Crippen LogP contribution in [0.25, 0.3) is 0 Å². The molecule has 0 aliphatic rings. The van der Waals surface area contributed by atoms with E-state index in [1.807, 2.05) is 20.8 Å². The Bertz CT molecular complexity index is 215. The van der Waals surface area contributed by atoms with Gasteiger partial charge in [0, 0.05) is 6.54 Å². The molecule has 0 saturated heterocycles. The topological polar surface area (TPSA) is 38.3 Å². The van der Waals surface area contributed by atoms with Gasteiger partial charge < -0.3 is 10.1 Å². The van der Waals surface area contributed by atoms with Crippen molar-refractivity contribution in [3.63, 3.8) is 0 Å². The number of hydrogen-bond acceptors (Lipinski definition) is 2. The van der Waals surface area contributed by atoms with Gasteiger partial charge in [-0.3, -0.25) is 0 Å². The van der Waals surface area contributed by atoms with Crippen molar-refractivity contribution in [1.82, 2.24) is 5.32 Å². The standard InChI is InChI=1S/C15H31NO2/c1-5-7-8-9-10-11-12-13-16-14(17)18-15(3,4)6-2/h5-13H2,1-4H3,(H,16,17). The molecule has 0 radical (unpaired) electrons. The van der Waals surface area contributed by atoms with Gasteiger partial charge in [-0.15, -0.1) is 0 Å². The highest BCUT2D eigenvalue weighted by Gasteiger charge is 2.19. The first-order valence-electron chi connectivity index (χ1n) is 7.48. The maximum absolute atomic E-state index is 11.5. The lowest BCUT2D eigenvalue weighted by molar-refractivity contribution is 0.0363. The van der Waals surface area contributed by atoms with Crippen molar-refractivity contribution in [3.05, 3.63) is 0 Å². The summed E-state index contributed by atoms with van der Waals surface area (Å²) in [4.78, 5) is 11.5. The van der Waals surface area contributed by atoms with Crippen molar-refractivity contribution < 1.29 is 9.53 Å². The molecular formula is C15H31NO2. The predicted octanol–water partition coefficient (Wildman–Crippen LogP) is 4.65. The molecule has 0 saturated carbocycles. The zero-order valence-electron chi connectivity index (χ0n) is 12.7. The Hall–Kier alpha value is -0.730. The van der Waals surface area contributed by atoms with E-state index in [2.05, 4.69) is 12.2 Å². The maximum atomic E-state index is 11.5. The van der Waals surface area contributed by atoms with E-state index in [1.54, 1.807) is 0 Å². The second kappa shape index (κ2) is 10.2. The van der Waals surface area contributed by atoms with E-state index in [-0.39, 0.29) is 11.7 Å². The number of carbonyl (C=O) groups excluding carboxylic acids is 1. The Morgan fingerprint density at radius 1 is 1.00 bits per heavy atom. The molecule has 0 aromatic rings. The molecule has 0 atom stereocenters. The quantitative estimate of drug-likeness (QED) is 0.578. The van der Waals surface area contributed by atoms with E-state index in [0.29, 0.717) is 0 Å². The van der Waals surface area contributed by atoms with E-state index in [4.69, 9.17) is 4.74 Å². The zero-order valence-corrected chi connectivity index (χ0v) is 12.7. The summed E-state index contributed by atoms with van der Waals surface area (Å²) >= 11 is 0. The van der Waals surface area contributed by atoms with Crippen LogP contribution in [0.15, 0.2) is 0 Å². The van der Waals surface area contributed by atoms with Gasteiger partial charge in [0.1, 0.15) is 5.60 Å². The largest absolute Gasteiger partial charge is 0.444 e. The van der Waals surface area contributed by atoms with Crippen LogP contribution in [0.1, 0.15) is 79.1 Å². The molecule has 3 nitrogen and oxygen atoms in total. The normalized spacial score (nSPS) is 11.3. The van der Waals surface area contributed by atoms with Gasteiger partial charge in [0.05, 0.1) is 0 Å². The summed E-state index contributed by atoms with van der Waals surface area (Å²) in [6.45, 7) is 8.84. The molecule has 0 heterocycles. The highest BCUT2D eigenvalue weighted by Crippen LogP contribution is 2.13. The summed E-state index contributed by atoms with van der Waals surface area (Å²) in [5, 5.41) is 2.81. The maximum Gasteiger partial charge on any atom is 0.407 e. The number of rotatable bonds is 10. The highest BCUT2D eigenvalue weighted by atomic mass is 16.6. The van der Waals surface area contributed by atoms with Crippen LogP contribution in [0, 0.1) is 0 Å². The molecule has 0 aliphatic carbocycles. The van der Waals surface area contributed by atoms with Crippen molar-refractivity contribution in [2.45, 2.75) is 84.7 Å². The SMILES string of the molecule is CCCCCCCCCNC(=O)OC(C)(C)CC. The van der Waals surface area contributed by atoms with Crippen LogP contribution >= 0.6 is 0 Å². The Morgan fingerprint density at radius 2 is 1.56 bits per heavy atom. The van der Waals surface area contributed by atoms with Crippen molar-refractivity contribution in [1.29, 1.82) is 0 Å². The fraction of sp³-hybridized carbons (Fsp3) is 0.933. The first-order valence-corrected chi connectivity index (χ1v) is 7.48. The summed E-state index contributed by atoms with van der Waals surface area (Å²) in [5.41, 5.74) is -0.357. The number of amides is 1. The molecular weight excluding hydrogens is 226 g/mol. The third-order valence-electron chi connectivity index (χ3n) is 3.27. The minimum atomic E-state index is -0.357. The molecule has 3 heteroatoms. The number of hydrogen-bond donors (Lipinski definition) is 1. The third-order valence-corrected chi connectivity index (χ3v) is 3.27. The van der Waals surface area contributed by atoms with Crippen LogP contribution in [0.3, 0.4) is 0 Å². The van der Waals surface area contributed by atoms with Crippen LogP contribution in [0.2, 0.25) is 0 Å². The number of nitrogens with one attached hydrogen (secondary N) is 1. The number of alkyl carbamates (subject to hydrolysis) is 1. The first-order chi connectivity index (χ1) is 8.52. The fourth-order valence-electron chi connectivity index (χ4n) is 1.63. The van der Waals surface area contributed by atoms with Crippen molar-refractivity contribution in [3.8, 4) is 0 Å². The first kappa shape index (κ1) is 17.3. The van der Waals surface area contributed by atoms with Gasteiger partial charge in [-0.25, -0.2) is 4.79 Å². The molecule has 0 fully saturated rings. The van der Waals surface area contributed by atoms with Gasteiger partial charge in [-0.05, 0) is 26.7 Å². The summed E-state index contributed by atoms with van der Waals surface area (Å²) in [6.07, 6.45) is 9.37. The van der Waals surface area contributed by atoms with Crippen molar-refractivity contribution >= 4 is 6.09 Å². The minimum absolute atomic E-state index is 0.284. The predicted molar refractivity (Wildman–Crippen MR) is 76.8 cm³/mol. The molecule has 0 aromatic heterocycles. The van der Waals surface area contributed by atoms with E-state index in [9.17, 15) is 4.79 Å². The van der Waals surface area contributed by atoms with Gasteiger partial charge in [-0.1, -0.05) is 52.4 Å². The van der Waals surface area contributed by atoms with Gasteiger partial charge in [0.15, 0.2) is 0 Å². The average molecular weight is 257 g/mol. The molecule has 0 bridgehead atoms. The molecule has 1 N–H and O–H groups in total. The van der Waals surface area contributed by atoms with Crippen LogP contribution in [-0.2, 0) is 4.74 Å². The molecule has 0 rings (SSSR count). The van der Waals surface area contributed by atoms with Gasteiger partial charge in [-0.2, -0.15) is 0 Å². The van der Waals surface area contributed by atoms with E-state index < -0.39 is 0 Å². The minimum Gasteiger partial charge on any atom is -0.444 e. The summed E-state index contributed by atoms with van der Waals surface area (Å²) in [5.74, 6) is 0. The van der Waals surface area contributed by atoms with E-state index in [0.717, 1.165) is 19.4 Å². The Balaban J connectivity index is 3.36. The Kier molecular flexibility index (Phi) is 9.80. The van der Waals surface area contributed by atoms with Crippen molar-refractivity contribution in [2.75, 3.05) is 6.54 Å². The molecule has 0 aromatic carbocycles. The lowest BCUT2D eigenvalue weighted by atomic mass is 10.1. The Labute approximate surface area is 113 Å². The number of carbonyl (C=O) groups is 1. The smallest absolute Gasteiger partial charge is 0.407 e. The fourth-order valence-corrected chi connectivity index (χ4v) is 1.63. The summed E-state index contributed by atoms with van der Waals surface area (Å²) in [7, 11) is 0. The number of ether oxygens (including phenoxy) is 1. The molecule has 108 valence electrons. The second-order valence-corrected chi connectivity index (χ2v) is 5.55. The summed E-state index contributed by atoms with van der Waals surface area (Å²) in [6, 6.07) is 0. The third kappa shape index (κ3) is 10.4. The number of unbranched alkanes of at least 4 members (excludes halogenated alkanes) is 6. The van der Waals surface area contributed by atoms with Crippen LogP contribution < -0.4 is 5.32 Å². The lowest BCUT2D eigenvalue weighted by Gasteiger charge is -2.23. The monoisotopic (exact) mass is 257 g/mol. The molecule has 18 heavy (non-hydrogen) atoms. The van der Waals surface area contributed by atoms with Crippen LogP contribution in [0.4, 0.5) is 4.79 Å². The van der Waals surface area contributed by atoms with E-state index >= 15 is 0 Å². The zero-order chi connectivity index (χ0) is 13.9. The molecule has 0 aliphatic heterocycles. The molecule has 1 amide bonds. The molecule has 0 unspecified atom stereocenters. The van der Waals surface area contributed by atoms with Crippen molar-refractivity contribution in [2.24, 2.45) is 0 Å². The average Bonchev–Trinajstić information content (AvgIpc) is 2.32.